The second-order valence-corrected chi connectivity index (χ2v) is 5.67. The number of ether oxygens (including phenoxy) is 1. The first-order valence-electron chi connectivity index (χ1n) is 6.22. The molecule has 0 saturated heterocycles. The second-order valence-electron chi connectivity index (χ2n) is 4.82. The van der Waals surface area contributed by atoms with Crippen LogP contribution in [0.15, 0.2) is 22.7 Å². The molecule has 4 heteroatoms. The second kappa shape index (κ2) is 7.77. The first-order chi connectivity index (χ1) is 8.56. The lowest BCUT2D eigenvalue weighted by Gasteiger charge is -2.22. The summed E-state index contributed by atoms with van der Waals surface area (Å²) in [5, 5.41) is 3.21. The Kier molecular flexibility index (Phi) is 6.68. The zero-order valence-corrected chi connectivity index (χ0v) is 13.3. The van der Waals surface area contributed by atoms with Gasteiger partial charge in [-0.15, -0.1) is 0 Å². The largest absolute Gasteiger partial charge is 0.497 e. The molecule has 1 aromatic carbocycles. The molecule has 0 aliphatic rings. The van der Waals surface area contributed by atoms with Crippen molar-refractivity contribution in [3.05, 3.63) is 28.2 Å². The van der Waals surface area contributed by atoms with Crippen molar-refractivity contribution < 1.29 is 4.74 Å². The van der Waals surface area contributed by atoms with Crippen LogP contribution >= 0.6 is 15.9 Å². The van der Waals surface area contributed by atoms with E-state index >= 15 is 0 Å². The Morgan fingerprint density at radius 2 is 2.17 bits per heavy atom. The molecule has 1 N–H and O–H groups in total. The van der Waals surface area contributed by atoms with Gasteiger partial charge >= 0.3 is 0 Å². The van der Waals surface area contributed by atoms with Crippen LogP contribution < -0.4 is 10.1 Å². The van der Waals surface area contributed by atoms with Crippen LogP contribution in [0.3, 0.4) is 0 Å². The van der Waals surface area contributed by atoms with Crippen LogP contribution in [0.25, 0.3) is 0 Å². The lowest BCUT2D eigenvalue weighted by Crippen LogP contribution is -2.29. The topological polar surface area (TPSA) is 24.5 Å². The number of methoxy groups -OCH3 is 1. The van der Waals surface area contributed by atoms with Gasteiger partial charge in [0.05, 0.1) is 7.11 Å². The van der Waals surface area contributed by atoms with Gasteiger partial charge < -0.3 is 15.0 Å². The molecular formula is C14H23BrN2O. The van der Waals surface area contributed by atoms with Gasteiger partial charge in [-0.3, -0.25) is 0 Å². The van der Waals surface area contributed by atoms with E-state index in [2.05, 4.69) is 46.2 Å². The van der Waals surface area contributed by atoms with Gasteiger partial charge in [-0.1, -0.05) is 22.9 Å². The molecule has 0 aliphatic heterocycles. The molecule has 0 fully saturated rings. The molecule has 0 aromatic heterocycles. The first kappa shape index (κ1) is 15.5. The van der Waals surface area contributed by atoms with Gasteiger partial charge in [-0.05, 0) is 50.3 Å². The summed E-state index contributed by atoms with van der Waals surface area (Å²) < 4.78 is 6.40. The van der Waals surface area contributed by atoms with E-state index in [0.29, 0.717) is 5.92 Å². The lowest BCUT2D eigenvalue weighted by atomic mass is 10.1. The lowest BCUT2D eigenvalue weighted by molar-refractivity contribution is 0.275. The van der Waals surface area contributed by atoms with Crippen molar-refractivity contribution in [2.75, 3.05) is 34.3 Å². The monoisotopic (exact) mass is 314 g/mol. The Hall–Kier alpha value is -0.580. The summed E-state index contributed by atoms with van der Waals surface area (Å²) in [4.78, 5) is 2.33. The van der Waals surface area contributed by atoms with Crippen LogP contribution in [-0.4, -0.2) is 39.2 Å². The van der Waals surface area contributed by atoms with Crippen molar-refractivity contribution in [2.45, 2.75) is 13.5 Å². The van der Waals surface area contributed by atoms with Crippen LogP contribution in [0, 0.1) is 5.92 Å². The highest BCUT2D eigenvalue weighted by molar-refractivity contribution is 9.10. The van der Waals surface area contributed by atoms with Crippen LogP contribution in [0.1, 0.15) is 12.5 Å². The summed E-state index contributed by atoms with van der Waals surface area (Å²) in [6.45, 7) is 5.30. The van der Waals surface area contributed by atoms with E-state index in [1.165, 1.54) is 5.56 Å². The molecule has 0 amide bonds. The van der Waals surface area contributed by atoms with Crippen LogP contribution in [-0.2, 0) is 6.54 Å². The molecule has 1 aromatic rings. The molecule has 1 atom stereocenters. The van der Waals surface area contributed by atoms with Gasteiger partial charge in [0.1, 0.15) is 5.75 Å². The average molecular weight is 315 g/mol. The van der Waals surface area contributed by atoms with Gasteiger partial charge in [-0.25, -0.2) is 0 Å². The van der Waals surface area contributed by atoms with E-state index in [-0.39, 0.29) is 0 Å². The Bertz CT molecular complexity index is 371. The molecule has 0 saturated carbocycles. The third-order valence-corrected chi connectivity index (χ3v) is 3.64. The van der Waals surface area contributed by atoms with Gasteiger partial charge in [0, 0.05) is 17.6 Å². The van der Waals surface area contributed by atoms with Crippen molar-refractivity contribution in [1.82, 2.24) is 10.2 Å². The number of hydrogen-bond acceptors (Lipinski definition) is 3. The first-order valence-corrected chi connectivity index (χ1v) is 7.01. The standard InChI is InChI=1S/C14H23BrN2O/c1-11(8-16-2)9-17(3)10-12-7-13(18-4)5-6-14(12)15/h5-7,11,16H,8-10H2,1-4H3. The molecule has 102 valence electrons. The summed E-state index contributed by atoms with van der Waals surface area (Å²) in [5.74, 6) is 1.55. The molecule has 0 aliphatic carbocycles. The molecule has 1 unspecified atom stereocenters. The minimum atomic E-state index is 0.643. The quantitative estimate of drug-likeness (QED) is 0.837. The predicted molar refractivity (Wildman–Crippen MR) is 80.1 cm³/mol. The maximum atomic E-state index is 5.26. The molecule has 1 rings (SSSR count). The summed E-state index contributed by atoms with van der Waals surface area (Å²) >= 11 is 3.59. The van der Waals surface area contributed by atoms with Crippen molar-refractivity contribution in [3.63, 3.8) is 0 Å². The van der Waals surface area contributed by atoms with E-state index < -0.39 is 0 Å². The maximum Gasteiger partial charge on any atom is 0.119 e. The highest BCUT2D eigenvalue weighted by Gasteiger charge is 2.09. The highest BCUT2D eigenvalue weighted by atomic mass is 79.9. The minimum absolute atomic E-state index is 0.643. The molecular weight excluding hydrogens is 292 g/mol. The summed E-state index contributed by atoms with van der Waals surface area (Å²) in [7, 11) is 5.85. The Morgan fingerprint density at radius 1 is 1.44 bits per heavy atom. The Labute approximate surface area is 119 Å². The van der Waals surface area contributed by atoms with Gasteiger partial charge in [0.15, 0.2) is 0 Å². The normalized spacial score (nSPS) is 12.8. The molecule has 0 spiro atoms. The van der Waals surface area contributed by atoms with E-state index in [0.717, 1.165) is 29.9 Å². The van der Waals surface area contributed by atoms with Crippen molar-refractivity contribution >= 4 is 15.9 Å². The number of benzene rings is 1. The molecule has 0 heterocycles. The molecule has 0 radical (unpaired) electrons. The number of halogens is 1. The Balaban J connectivity index is 2.60. The predicted octanol–water partition coefficient (Wildman–Crippen LogP) is 2.75. The van der Waals surface area contributed by atoms with Gasteiger partial charge in [0.2, 0.25) is 0 Å². The van der Waals surface area contributed by atoms with Crippen LogP contribution in [0.5, 0.6) is 5.75 Å². The van der Waals surface area contributed by atoms with Crippen LogP contribution in [0.4, 0.5) is 0 Å². The Morgan fingerprint density at radius 3 is 2.78 bits per heavy atom. The fourth-order valence-corrected chi connectivity index (χ4v) is 2.47. The van der Waals surface area contributed by atoms with E-state index in [1.54, 1.807) is 7.11 Å². The highest BCUT2D eigenvalue weighted by Crippen LogP contribution is 2.23. The maximum absolute atomic E-state index is 5.26. The van der Waals surface area contributed by atoms with E-state index in [1.807, 2.05) is 19.2 Å². The molecule has 18 heavy (non-hydrogen) atoms. The summed E-state index contributed by atoms with van der Waals surface area (Å²) in [6, 6.07) is 6.10. The van der Waals surface area contributed by atoms with Crippen molar-refractivity contribution in [3.8, 4) is 5.75 Å². The van der Waals surface area contributed by atoms with Crippen molar-refractivity contribution in [1.29, 1.82) is 0 Å². The van der Waals surface area contributed by atoms with Crippen LogP contribution in [0.2, 0.25) is 0 Å². The number of rotatable bonds is 7. The average Bonchev–Trinajstić information content (AvgIpc) is 2.32. The number of hydrogen-bond donors (Lipinski definition) is 1. The smallest absolute Gasteiger partial charge is 0.119 e. The van der Waals surface area contributed by atoms with Gasteiger partial charge in [-0.2, -0.15) is 0 Å². The van der Waals surface area contributed by atoms with Gasteiger partial charge in [0.25, 0.3) is 0 Å². The zero-order valence-electron chi connectivity index (χ0n) is 11.7. The third kappa shape index (κ3) is 4.96. The molecule has 3 nitrogen and oxygen atoms in total. The number of nitrogens with one attached hydrogen (secondary N) is 1. The SMILES string of the molecule is CNCC(C)CN(C)Cc1cc(OC)ccc1Br. The summed E-state index contributed by atoms with van der Waals surface area (Å²) in [5.41, 5.74) is 1.26. The molecule has 0 bridgehead atoms. The van der Waals surface area contributed by atoms with E-state index in [9.17, 15) is 0 Å². The minimum Gasteiger partial charge on any atom is -0.497 e. The third-order valence-electron chi connectivity index (χ3n) is 2.87. The van der Waals surface area contributed by atoms with Crippen molar-refractivity contribution in [2.24, 2.45) is 5.92 Å². The number of nitrogens with zero attached hydrogens (tertiary/aromatic N) is 1. The zero-order chi connectivity index (χ0) is 13.5. The summed E-state index contributed by atoms with van der Waals surface area (Å²) in [6.07, 6.45) is 0. The fourth-order valence-electron chi connectivity index (χ4n) is 2.10. The fraction of sp³-hybridized carbons (Fsp3) is 0.571. The van der Waals surface area contributed by atoms with E-state index in [4.69, 9.17) is 4.74 Å².